The van der Waals surface area contributed by atoms with E-state index in [1.54, 1.807) is 27.2 Å². The summed E-state index contributed by atoms with van der Waals surface area (Å²) in [5, 5.41) is 10.2. The predicted molar refractivity (Wildman–Crippen MR) is 134 cm³/mol. The van der Waals surface area contributed by atoms with Crippen molar-refractivity contribution in [2.24, 2.45) is 0 Å². The van der Waals surface area contributed by atoms with E-state index < -0.39 is 11.9 Å². The SMILES string of the molecule is O=C(c1nccs1)N1CCN([C@@H]2CC(=O)N(c3ccc4c(ccn4-c4ccc(C(F)(F)F)nn4)c3)C2)CC1. The van der Waals surface area contributed by atoms with E-state index in [0.29, 0.717) is 44.2 Å². The van der Waals surface area contributed by atoms with Gasteiger partial charge in [0.05, 0.1) is 5.52 Å². The molecule has 196 valence electrons. The molecule has 3 aromatic heterocycles. The molecule has 1 aromatic carbocycles. The third-order valence-corrected chi connectivity index (χ3v) is 7.77. The summed E-state index contributed by atoms with van der Waals surface area (Å²) in [7, 11) is 0. The number of hydrogen-bond donors (Lipinski definition) is 0. The maximum Gasteiger partial charge on any atom is 0.435 e. The zero-order chi connectivity index (χ0) is 26.4. The Balaban J connectivity index is 1.13. The molecule has 6 rings (SSSR count). The molecule has 1 atom stereocenters. The molecular weight excluding hydrogens is 519 g/mol. The zero-order valence-electron chi connectivity index (χ0n) is 20.0. The third-order valence-electron chi connectivity index (χ3n) is 7.01. The molecule has 38 heavy (non-hydrogen) atoms. The molecule has 0 saturated carbocycles. The van der Waals surface area contributed by atoms with Crippen LogP contribution in [0.5, 0.6) is 0 Å². The Bertz CT molecular complexity index is 1480. The fourth-order valence-corrected chi connectivity index (χ4v) is 5.64. The number of carbonyl (C=O) groups excluding carboxylic acids is 2. The van der Waals surface area contributed by atoms with Gasteiger partial charge in [0.2, 0.25) is 5.91 Å². The Morgan fingerprint density at radius 2 is 1.84 bits per heavy atom. The van der Waals surface area contributed by atoms with Crippen molar-refractivity contribution in [3.8, 4) is 5.82 Å². The number of halogens is 3. The van der Waals surface area contributed by atoms with Gasteiger partial charge in [-0.1, -0.05) is 0 Å². The standard InChI is InChI=1S/C25H22F3N7O2S/c26-25(27,28)20-3-4-21(31-30-20)34-7-5-16-13-17(1-2-19(16)34)35-15-18(14-22(35)36)32-8-10-33(11-9-32)24(37)23-29-6-12-38-23/h1-7,12-13,18H,8-11,14-15H2/t18-/m1/s1. The molecule has 0 aliphatic carbocycles. The van der Waals surface area contributed by atoms with Crippen LogP contribution in [-0.4, -0.2) is 80.1 Å². The van der Waals surface area contributed by atoms with Crippen LogP contribution >= 0.6 is 11.3 Å². The van der Waals surface area contributed by atoms with Crippen LogP contribution in [0, 0.1) is 0 Å². The fourth-order valence-electron chi connectivity index (χ4n) is 5.04. The summed E-state index contributed by atoms with van der Waals surface area (Å²) in [4.78, 5) is 35.5. The van der Waals surface area contributed by atoms with E-state index in [1.165, 1.54) is 17.4 Å². The molecule has 2 fully saturated rings. The highest BCUT2D eigenvalue weighted by Crippen LogP contribution is 2.31. The van der Waals surface area contributed by atoms with Crippen LogP contribution in [0.1, 0.15) is 21.9 Å². The topological polar surface area (TPSA) is 87.5 Å². The van der Waals surface area contributed by atoms with E-state index in [2.05, 4.69) is 20.1 Å². The average Bonchev–Trinajstić information content (AvgIpc) is 3.68. The number of fused-ring (bicyclic) bond motifs is 1. The lowest BCUT2D eigenvalue weighted by Crippen LogP contribution is -2.52. The van der Waals surface area contributed by atoms with Crippen LogP contribution in [0.2, 0.25) is 0 Å². The van der Waals surface area contributed by atoms with Gasteiger partial charge in [-0.25, -0.2) is 4.98 Å². The Morgan fingerprint density at radius 3 is 2.53 bits per heavy atom. The van der Waals surface area contributed by atoms with Crippen molar-refractivity contribution in [3.63, 3.8) is 0 Å². The molecule has 0 bridgehead atoms. The summed E-state index contributed by atoms with van der Waals surface area (Å²) < 4.78 is 40.1. The van der Waals surface area contributed by atoms with Crippen molar-refractivity contribution in [1.82, 2.24) is 29.5 Å². The highest BCUT2D eigenvalue weighted by molar-refractivity contribution is 7.11. The van der Waals surface area contributed by atoms with E-state index in [0.717, 1.165) is 22.7 Å². The minimum atomic E-state index is -4.55. The first-order valence-electron chi connectivity index (χ1n) is 12.0. The van der Waals surface area contributed by atoms with Crippen LogP contribution in [0.3, 0.4) is 0 Å². The fraction of sp³-hybridized carbons (Fsp3) is 0.320. The quantitative estimate of drug-likeness (QED) is 0.393. The van der Waals surface area contributed by atoms with Crippen LogP contribution in [-0.2, 0) is 11.0 Å². The van der Waals surface area contributed by atoms with Gasteiger partial charge in [-0.3, -0.25) is 19.1 Å². The van der Waals surface area contributed by atoms with Crippen LogP contribution in [0.4, 0.5) is 18.9 Å². The highest BCUT2D eigenvalue weighted by Gasteiger charge is 2.37. The number of hydrogen-bond acceptors (Lipinski definition) is 7. The van der Waals surface area contributed by atoms with Crippen molar-refractivity contribution >= 4 is 39.7 Å². The van der Waals surface area contributed by atoms with Crippen LogP contribution in [0.15, 0.2) is 54.2 Å². The summed E-state index contributed by atoms with van der Waals surface area (Å²) in [5.41, 5.74) is 0.459. The summed E-state index contributed by atoms with van der Waals surface area (Å²) in [6, 6.07) is 9.63. The number of aromatic nitrogens is 4. The van der Waals surface area contributed by atoms with Gasteiger partial charge in [-0.2, -0.15) is 13.2 Å². The number of alkyl halides is 3. The van der Waals surface area contributed by atoms with Gasteiger partial charge in [0.15, 0.2) is 16.5 Å². The second-order valence-electron chi connectivity index (χ2n) is 9.23. The van der Waals surface area contributed by atoms with Gasteiger partial charge < -0.3 is 9.80 Å². The number of thiazole rings is 1. The van der Waals surface area contributed by atoms with E-state index in [-0.39, 0.29) is 23.7 Å². The Morgan fingerprint density at radius 1 is 1.03 bits per heavy atom. The molecule has 2 aliphatic heterocycles. The molecule has 2 aliphatic rings. The molecule has 2 saturated heterocycles. The number of benzene rings is 1. The molecule has 0 unspecified atom stereocenters. The number of piperazine rings is 1. The first-order valence-corrected chi connectivity index (χ1v) is 12.9. The number of anilines is 1. The number of amides is 2. The first kappa shape index (κ1) is 24.5. The summed E-state index contributed by atoms with van der Waals surface area (Å²) in [5.74, 6) is 0.250. The van der Waals surface area contributed by atoms with E-state index >= 15 is 0 Å². The van der Waals surface area contributed by atoms with Crippen molar-refractivity contribution in [2.45, 2.75) is 18.6 Å². The number of carbonyl (C=O) groups is 2. The van der Waals surface area contributed by atoms with Gasteiger partial charge in [-0.05, 0) is 36.4 Å². The molecule has 0 radical (unpaired) electrons. The summed E-state index contributed by atoms with van der Waals surface area (Å²) in [6.07, 6.45) is -0.804. The number of nitrogens with zero attached hydrogens (tertiary/aromatic N) is 7. The van der Waals surface area contributed by atoms with Crippen molar-refractivity contribution in [1.29, 1.82) is 0 Å². The Hall–Kier alpha value is -3.84. The first-order chi connectivity index (χ1) is 18.3. The van der Waals surface area contributed by atoms with E-state index in [9.17, 15) is 22.8 Å². The maximum absolute atomic E-state index is 12.9. The lowest BCUT2D eigenvalue weighted by atomic mass is 10.2. The third kappa shape index (κ3) is 4.52. The van der Waals surface area contributed by atoms with Crippen LogP contribution in [0.25, 0.3) is 16.7 Å². The smallest absolute Gasteiger partial charge is 0.334 e. The normalized spacial score (nSPS) is 19.0. The molecule has 5 heterocycles. The largest absolute Gasteiger partial charge is 0.435 e. The predicted octanol–water partition coefficient (Wildman–Crippen LogP) is 3.46. The lowest BCUT2D eigenvalue weighted by Gasteiger charge is -2.37. The maximum atomic E-state index is 12.9. The lowest BCUT2D eigenvalue weighted by molar-refractivity contribution is -0.141. The molecule has 13 heteroatoms. The minimum Gasteiger partial charge on any atom is -0.334 e. The molecular formula is C25H22F3N7O2S. The monoisotopic (exact) mass is 541 g/mol. The van der Waals surface area contributed by atoms with Crippen molar-refractivity contribution < 1.29 is 22.8 Å². The summed E-state index contributed by atoms with van der Waals surface area (Å²) >= 11 is 1.33. The number of rotatable bonds is 4. The molecule has 0 spiro atoms. The minimum absolute atomic E-state index is 0.0312. The second-order valence-corrected chi connectivity index (χ2v) is 10.1. The van der Waals surface area contributed by atoms with Crippen molar-refractivity contribution in [2.75, 3.05) is 37.6 Å². The van der Waals surface area contributed by atoms with Gasteiger partial charge >= 0.3 is 6.18 Å². The van der Waals surface area contributed by atoms with Crippen molar-refractivity contribution in [3.05, 3.63) is 64.9 Å². The zero-order valence-corrected chi connectivity index (χ0v) is 20.8. The second kappa shape index (κ2) is 9.48. The van der Waals surface area contributed by atoms with E-state index in [4.69, 9.17) is 0 Å². The van der Waals surface area contributed by atoms with E-state index in [1.807, 2.05) is 29.2 Å². The summed E-state index contributed by atoms with van der Waals surface area (Å²) in [6.45, 7) is 3.12. The highest BCUT2D eigenvalue weighted by atomic mass is 32.1. The Kier molecular flexibility index (Phi) is 6.11. The van der Waals surface area contributed by atoms with Crippen LogP contribution < -0.4 is 4.90 Å². The Labute approximate surface area is 219 Å². The molecule has 9 nitrogen and oxygen atoms in total. The molecule has 2 amide bonds. The van der Waals surface area contributed by atoms with Gasteiger partial charge in [0.25, 0.3) is 5.91 Å². The molecule has 0 N–H and O–H groups in total. The van der Waals surface area contributed by atoms with Gasteiger partial charge in [-0.15, -0.1) is 21.5 Å². The van der Waals surface area contributed by atoms with Gasteiger partial charge in [0.1, 0.15) is 0 Å². The van der Waals surface area contributed by atoms with Gasteiger partial charge in [0, 0.05) is 74.0 Å². The molecule has 4 aromatic rings. The average molecular weight is 542 g/mol.